The Balaban J connectivity index is 1.59. The van der Waals surface area contributed by atoms with E-state index in [9.17, 15) is 4.79 Å². The highest BCUT2D eigenvalue weighted by atomic mass is 16.6. The summed E-state index contributed by atoms with van der Waals surface area (Å²) in [4.78, 5) is 20.7. The lowest BCUT2D eigenvalue weighted by Crippen LogP contribution is -2.51. The summed E-state index contributed by atoms with van der Waals surface area (Å²) in [7, 11) is 0. The van der Waals surface area contributed by atoms with E-state index in [1.807, 2.05) is 38.1 Å². The first-order valence-corrected chi connectivity index (χ1v) is 9.00. The van der Waals surface area contributed by atoms with Crippen molar-refractivity contribution in [3.63, 3.8) is 0 Å². The second kappa shape index (κ2) is 6.61. The largest absolute Gasteiger partial charge is 0.444 e. The molecule has 0 N–H and O–H groups in total. The summed E-state index contributed by atoms with van der Waals surface area (Å²) in [6.45, 7) is 9.57. The van der Waals surface area contributed by atoms with Crippen LogP contribution in [-0.2, 0) is 4.74 Å². The van der Waals surface area contributed by atoms with Gasteiger partial charge >= 0.3 is 6.09 Å². The summed E-state index contributed by atoms with van der Waals surface area (Å²) in [5.74, 6) is 0. The van der Waals surface area contributed by atoms with Gasteiger partial charge in [0.1, 0.15) is 5.60 Å². The number of pyridine rings is 1. The molecule has 0 saturated carbocycles. The molecule has 1 spiro atoms. The highest BCUT2D eigenvalue weighted by molar-refractivity contribution is 5.68. The highest BCUT2D eigenvalue weighted by Gasteiger charge is 2.40. The van der Waals surface area contributed by atoms with Crippen LogP contribution in [0.15, 0.2) is 24.5 Å². The maximum Gasteiger partial charge on any atom is 0.410 e. The molecule has 1 amide bonds. The highest BCUT2D eigenvalue weighted by Crippen LogP contribution is 2.41. The average molecular weight is 331 g/mol. The van der Waals surface area contributed by atoms with E-state index in [4.69, 9.17) is 4.74 Å². The van der Waals surface area contributed by atoms with Gasteiger partial charge in [0.05, 0.1) is 0 Å². The van der Waals surface area contributed by atoms with Crippen molar-refractivity contribution in [2.45, 2.75) is 52.1 Å². The fourth-order valence-electron chi connectivity index (χ4n) is 3.88. The summed E-state index contributed by atoms with van der Waals surface area (Å²) in [5, 5.41) is 0. The van der Waals surface area contributed by atoms with Crippen molar-refractivity contribution in [3.05, 3.63) is 24.5 Å². The molecule has 3 heterocycles. The molecule has 2 aliphatic heterocycles. The van der Waals surface area contributed by atoms with Gasteiger partial charge in [-0.25, -0.2) is 4.79 Å². The van der Waals surface area contributed by atoms with E-state index >= 15 is 0 Å². The fraction of sp³-hybridized carbons (Fsp3) is 0.684. The third-order valence-corrected chi connectivity index (χ3v) is 5.17. The van der Waals surface area contributed by atoms with E-state index in [0.29, 0.717) is 5.41 Å². The molecular weight excluding hydrogens is 302 g/mol. The van der Waals surface area contributed by atoms with E-state index in [1.54, 1.807) is 0 Å². The number of carbonyl (C=O) groups is 1. The lowest BCUT2D eigenvalue weighted by molar-refractivity contribution is 0.00817. The van der Waals surface area contributed by atoms with Crippen LogP contribution in [0.3, 0.4) is 0 Å². The number of amides is 1. The molecule has 24 heavy (non-hydrogen) atoms. The molecule has 132 valence electrons. The first-order valence-electron chi connectivity index (χ1n) is 9.00. The van der Waals surface area contributed by atoms with Crippen LogP contribution in [0.2, 0.25) is 0 Å². The molecule has 0 aromatic carbocycles. The number of hydrogen-bond donors (Lipinski definition) is 0. The Kier molecular flexibility index (Phi) is 4.70. The normalized spacial score (nSPS) is 21.0. The van der Waals surface area contributed by atoms with Crippen LogP contribution in [0, 0.1) is 5.41 Å². The number of rotatable bonds is 1. The van der Waals surface area contributed by atoms with Gasteiger partial charge in [-0.15, -0.1) is 0 Å². The number of aromatic nitrogens is 1. The Morgan fingerprint density at radius 1 is 1.12 bits per heavy atom. The van der Waals surface area contributed by atoms with Crippen LogP contribution in [0.4, 0.5) is 10.5 Å². The third kappa shape index (κ3) is 4.00. The molecular formula is C19H29N3O2. The van der Waals surface area contributed by atoms with Crippen LogP contribution in [0.25, 0.3) is 0 Å². The van der Waals surface area contributed by atoms with E-state index in [-0.39, 0.29) is 6.09 Å². The Morgan fingerprint density at radius 2 is 1.79 bits per heavy atom. The number of likely N-dealkylation sites (tertiary alicyclic amines) is 1. The van der Waals surface area contributed by atoms with Gasteiger partial charge in [-0.2, -0.15) is 0 Å². The Bertz CT molecular complexity index is 560. The molecule has 0 atom stereocenters. The van der Waals surface area contributed by atoms with Gasteiger partial charge in [-0.05, 0) is 64.0 Å². The molecule has 0 unspecified atom stereocenters. The van der Waals surface area contributed by atoms with Crippen molar-refractivity contribution in [1.82, 2.24) is 9.88 Å². The number of carbonyl (C=O) groups excluding carboxylic acids is 1. The number of anilines is 1. The third-order valence-electron chi connectivity index (χ3n) is 5.17. The van der Waals surface area contributed by atoms with Crippen molar-refractivity contribution in [1.29, 1.82) is 0 Å². The van der Waals surface area contributed by atoms with Crippen molar-refractivity contribution >= 4 is 11.8 Å². The Hall–Kier alpha value is -1.78. The number of piperidine rings is 2. The molecule has 3 rings (SSSR count). The molecule has 5 heteroatoms. The molecule has 1 aromatic heterocycles. The van der Waals surface area contributed by atoms with Crippen molar-refractivity contribution in [2.24, 2.45) is 5.41 Å². The molecule has 0 aliphatic carbocycles. The molecule has 2 aliphatic rings. The van der Waals surface area contributed by atoms with E-state index < -0.39 is 5.60 Å². The zero-order valence-corrected chi connectivity index (χ0v) is 15.1. The maximum atomic E-state index is 12.3. The second-order valence-electron chi connectivity index (χ2n) is 8.20. The van der Waals surface area contributed by atoms with Crippen molar-refractivity contribution in [2.75, 3.05) is 31.1 Å². The van der Waals surface area contributed by atoms with Crippen LogP contribution < -0.4 is 4.90 Å². The quantitative estimate of drug-likeness (QED) is 0.787. The maximum absolute atomic E-state index is 12.3. The summed E-state index contributed by atoms with van der Waals surface area (Å²) in [5.41, 5.74) is 1.17. The Morgan fingerprint density at radius 3 is 2.42 bits per heavy atom. The van der Waals surface area contributed by atoms with Crippen LogP contribution >= 0.6 is 0 Å². The molecule has 0 bridgehead atoms. The molecule has 2 fully saturated rings. The molecule has 1 aromatic rings. The number of nitrogens with zero attached hydrogens (tertiary/aromatic N) is 3. The van der Waals surface area contributed by atoms with Crippen LogP contribution in [0.1, 0.15) is 46.5 Å². The van der Waals surface area contributed by atoms with E-state index in [1.165, 1.54) is 18.5 Å². The second-order valence-corrected chi connectivity index (χ2v) is 8.20. The van der Waals surface area contributed by atoms with Gasteiger partial charge in [-0.1, -0.05) is 0 Å². The topological polar surface area (TPSA) is 45.7 Å². The smallest absolute Gasteiger partial charge is 0.410 e. The minimum Gasteiger partial charge on any atom is -0.444 e. The predicted molar refractivity (Wildman–Crippen MR) is 95.2 cm³/mol. The van der Waals surface area contributed by atoms with Gasteiger partial charge in [0, 0.05) is 44.3 Å². The summed E-state index contributed by atoms with van der Waals surface area (Å²) in [6.07, 6.45) is 8.16. The zero-order chi connectivity index (χ0) is 17.2. The predicted octanol–water partition coefficient (Wildman–Crippen LogP) is 3.70. The van der Waals surface area contributed by atoms with E-state index in [0.717, 1.165) is 39.0 Å². The van der Waals surface area contributed by atoms with Gasteiger partial charge in [0.15, 0.2) is 0 Å². The van der Waals surface area contributed by atoms with Crippen molar-refractivity contribution < 1.29 is 9.53 Å². The first kappa shape index (κ1) is 17.1. The molecule has 2 saturated heterocycles. The monoisotopic (exact) mass is 331 g/mol. The van der Waals surface area contributed by atoms with Gasteiger partial charge in [-0.3, -0.25) is 4.98 Å². The SMILES string of the molecule is CC(C)(C)OC(=O)N1CCC2(CCCN(c3ccncc3)C2)CC1. The number of hydrogen-bond acceptors (Lipinski definition) is 4. The van der Waals surface area contributed by atoms with Gasteiger partial charge in [0.25, 0.3) is 0 Å². The number of ether oxygens (including phenoxy) is 1. The minimum absolute atomic E-state index is 0.167. The summed E-state index contributed by atoms with van der Waals surface area (Å²) in [6, 6.07) is 4.18. The molecule has 5 nitrogen and oxygen atoms in total. The zero-order valence-electron chi connectivity index (χ0n) is 15.1. The Labute approximate surface area is 145 Å². The molecule has 0 radical (unpaired) electrons. The van der Waals surface area contributed by atoms with E-state index in [2.05, 4.69) is 22.0 Å². The van der Waals surface area contributed by atoms with Gasteiger partial charge < -0.3 is 14.5 Å². The lowest BCUT2D eigenvalue weighted by Gasteiger charge is -2.48. The standard InChI is InChI=1S/C19H29N3O2/c1-18(2,3)24-17(23)21-13-8-19(9-14-21)7-4-12-22(15-19)16-5-10-20-11-6-16/h5-6,10-11H,4,7-9,12-15H2,1-3H3. The average Bonchev–Trinajstić information content (AvgIpc) is 2.55. The van der Waals surface area contributed by atoms with Crippen molar-refractivity contribution in [3.8, 4) is 0 Å². The van der Waals surface area contributed by atoms with Crippen LogP contribution in [0.5, 0.6) is 0 Å². The van der Waals surface area contributed by atoms with Gasteiger partial charge in [0.2, 0.25) is 0 Å². The lowest BCUT2D eigenvalue weighted by atomic mass is 9.72. The minimum atomic E-state index is -0.421. The summed E-state index contributed by atoms with van der Waals surface area (Å²) < 4.78 is 5.51. The van der Waals surface area contributed by atoms with Crippen LogP contribution in [-0.4, -0.2) is 47.8 Å². The summed E-state index contributed by atoms with van der Waals surface area (Å²) >= 11 is 0. The first-order chi connectivity index (χ1) is 11.4. The fourth-order valence-corrected chi connectivity index (χ4v) is 3.88.